The lowest BCUT2D eigenvalue weighted by molar-refractivity contribution is 0.00837. The summed E-state index contributed by atoms with van der Waals surface area (Å²) in [7, 11) is 2.14. The van der Waals surface area contributed by atoms with Crippen LogP contribution in [0.5, 0.6) is 0 Å². The molecule has 1 unspecified atom stereocenters. The summed E-state index contributed by atoms with van der Waals surface area (Å²) < 4.78 is 7.67. The van der Waals surface area contributed by atoms with Gasteiger partial charge in [0.15, 0.2) is 0 Å². The highest BCUT2D eigenvalue weighted by Gasteiger charge is 2.31. The van der Waals surface area contributed by atoms with Crippen molar-refractivity contribution in [2.75, 3.05) is 19.8 Å². The standard InChI is InChI=1S/C26H28ClN3O/c1-29-25-14-30(11-10-24(25)28-26(29)22-4-2-3-5-23(22)27)21-9-8-17-6-7-18(12-19(17)13-21)20-15-31-16-20/h2-7,12,20-21H,8-11,13-16H2,1H3. The minimum absolute atomic E-state index is 0.598. The topological polar surface area (TPSA) is 30.3 Å². The molecule has 1 aliphatic carbocycles. The fourth-order valence-electron chi connectivity index (χ4n) is 5.45. The Bertz CT molecular complexity index is 1130. The average molecular weight is 434 g/mol. The Balaban J connectivity index is 1.24. The van der Waals surface area contributed by atoms with Crippen molar-refractivity contribution in [3.63, 3.8) is 0 Å². The van der Waals surface area contributed by atoms with Crippen molar-refractivity contribution < 1.29 is 4.74 Å². The number of rotatable bonds is 3. The number of aryl methyl sites for hydroxylation is 1. The molecule has 2 aromatic carbocycles. The maximum Gasteiger partial charge on any atom is 0.141 e. The molecule has 5 heteroatoms. The molecule has 0 saturated carbocycles. The summed E-state index contributed by atoms with van der Waals surface area (Å²) >= 11 is 6.47. The summed E-state index contributed by atoms with van der Waals surface area (Å²) in [5.41, 5.74) is 8.14. The van der Waals surface area contributed by atoms with Gasteiger partial charge in [-0.05, 0) is 48.1 Å². The van der Waals surface area contributed by atoms with Gasteiger partial charge >= 0.3 is 0 Å². The summed E-state index contributed by atoms with van der Waals surface area (Å²) in [6.07, 6.45) is 4.59. The molecular weight excluding hydrogens is 406 g/mol. The van der Waals surface area contributed by atoms with Gasteiger partial charge in [0.2, 0.25) is 0 Å². The minimum Gasteiger partial charge on any atom is -0.380 e. The number of halogens is 1. The molecule has 3 aliphatic rings. The highest BCUT2D eigenvalue weighted by atomic mass is 35.5. The van der Waals surface area contributed by atoms with E-state index in [4.69, 9.17) is 21.3 Å². The number of ether oxygens (including phenoxy) is 1. The van der Waals surface area contributed by atoms with E-state index in [0.717, 1.165) is 55.6 Å². The Kier molecular flexibility index (Phi) is 4.90. The monoisotopic (exact) mass is 433 g/mol. The highest BCUT2D eigenvalue weighted by molar-refractivity contribution is 6.33. The first-order valence-corrected chi connectivity index (χ1v) is 11.8. The van der Waals surface area contributed by atoms with Gasteiger partial charge in [0.25, 0.3) is 0 Å². The molecular formula is C26H28ClN3O. The first-order valence-electron chi connectivity index (χ1n) is 11.4. The van der Waals surface area contributed by atoms with Crippen LogP contribution in [-0.2, 0) is 37.6 Å². The summed E-state index contributed by atoms with van der Waals surface area (Å²) in [4.78, 5) is 7.67. The van der Waals surface area contributed by atoms with E-state index in [1.54, 1.807) is 11.1 Å². The van der Waals surface area contributed by atoms with Crippen molar-refractivity contribution in [1.29, 1.82) is 0 Å². The normalized spacial score (nSPS) is 21.4. The molecule has 0 radical (unpaired) electrons. The van der Waals surface area contributed by atoms with Gasteiger partial charge in [-0.3, -0.25) is 4.90 Å². The van der Waals surface area contributed by atoms with Crippen LogP contribution in [0.2, 0.25) is 5.02 Å². The highest BCUT2D eigenvalue weighted by Crippen LogP contribution is 2.34. The van der Waals surface area contributed by atoms with Gasteiger partial charge < -0.3 is 9.30 Å². The van der Waals surface area contributed by atoms with Crippen LogP contribution >= 0.6 is 11.6 Å². The molecule has 1 saturated heterocycles. The second-order valence-electron chi connectivity index (χ2n) is 9.25. The number of benzene rings is 2. The average Bonchev–Trinajstić information content (AvgIpc) is 3.08. The Morgan fingerprint density at radius 1 is 1.06 bits per heavy atom. The lowest BCUT2D eigenvalue weighted by atomic mass is 9.84. The zero-order chi connectivity index (χ0) is 20.9. The van der Waals surface area contributed by atoms with E-state index in [2.05, 4.69) is 40.8 Å². The predicted molar refractivity (Wildman–Crippen MR) is 124 cm³/mol. The van der Waals surface area contributed by atoms with Gasteiger partial charge in [-0.15, -0.1) is 0 Å². The molecule has 0 spiro atoms. The summed E-state index contributed by atoms with van der Waals surface area (Å²) in [5.74, 6) is 1.58. The lowest BCUT2D eigenvalue weighted by Crippen LogP contribution is -2.42. The van der Waals surface area contributed by atoms with E-state index in [9.17, 15) is 0 Å². The van der Waals surface area contributed by atoms with Crippen LogP contribution in [0.25, 0.3) is 11.4 Å². The first kappa shape index (κ1) is 19.5. The van der Waals surface area contributed by atoms with Crippen molar-refractivity contribution in [2.24, 2.45) is 7.05 Å². The maximum atomic E-state index is 6.47. The minimum atomic E-state index is 0.598. The van der Waals surface area contributed by atoms with Crippen LogP contribution in [0.15, 0.2) is 42.5 Å². The van der Waals surface area contributed by atoms with Gasteiger partial charge in [-0.1, -0.05) is 41.9 Å². The number of nitrogens with zero attached hydrogens (tertiary/aromatic N) is 3. The molecule has 0 bridgehead atoms. The van der Waals surface area contributed by atoms with Gasteiger partial charge in [0.1, 0.15) is 5.82 Å². The van der Waals surface area contributed by atoms with E-state index in [-0.39, 0.29) is 0 Å². The third-order valence-corrected chi connectivity index (χ3v) is 7.79. The van der Waals surface area contributed by atoms with Crippen LogP contribution in [0.1, 0.15) is 40.4 Å². The number of hydrogen-bond acceptors (Lipinski definition) is 3. The maximum absolute atomic E-state index is 6.47. The molecule has 0 amide bonds. The quantitative estimate of drug-likeness (QED) is 0.596. The van der Waals surface area contributed by atoms with Gasteiger partial charge in [-0.2, -0.15) is 0 Å². The molecule has 160 valence electrons. The summed E-state index contributed by atoms with van der Waals surface area (Å²) in [6, 6.07) is 15.8. The third-order valence-electron chi connectivity index (χ3n) is 7.46. The van der Waals surface area contributed by atoms with Crippen molar-refractivity contribution >= 4 is 11.6 Å². The van der Waals surface area contributed by atoms with E-state index < -0.39 is 0 Å². The molecule has 1 aromatic heterocycles. The van der Waals surface area contributed by atoms with Crippen LogP contribution < -0.4 is 0 Å². The summed E-state index contributed by atoms with van der Waals surface area (Å²) in [6.45, 7) is 3.82. The Morgan fingerprint density at radius 2 is 1.94 bits per heavy atom. The molecule has 2 aliphatic heterocycles. The molecule has 6 rings (SSSR count). The van der Waals surface area contributed by atoms with Gasteiger partial charge in [0, 0.05) is 44.1 Å². The van der Waals surface area contributed by atoms with Gasteiger partial charge in [-0.25, -0.2) is 4.98 Å². The third kappa shape index (κ3) is 3.42. The second-order valence-corrected chi connectivity index (χ2v) is 9.65. The molecule has 31 heavy (non-hydrogen) atoms. The summed E-state index contributed by atoms with van der Waals surface area (Å²) in [5, 5.41) is 0.765. The fourth-order valence-corrected chi connectivity index (χ4v) is 5.67. The number of fused-ring (bicyclic) bond motifs is 2. The fraction of sp³-hybridized carbons (Fsp3) is 0.423. The van der Waals surface area contributed by atoms with E-state index in [1.165, 1.54) is 29.8 Å². The number of hydrogen-bond donors (Lipinski definition) is 0. The lowest BCUT2D eigenvalue weighted by Gasteiger charge is -2.38. The smallest absolute Gasteiger partial charge is 0.141 e. The number of imidazole rings is 1. The predicted octanol–water partition coefficient (Wildman–Crippen LogP) is 4.77. The number of aromatic nitrogens is 2. The van der Waals surface area contributed by atoms with Gasteiger partial charge in [0.05, 0.1) is 29.6 Å². The van der Waals surface area contributed by atoms with Crippen LogP contribution in [0, 0.1) is 0 Å². The van der Waals surface area contributed by atoms with Crippen LogP contribution in [-0.4, -0.2) is 40.3 Å². The van der Waals surface area contributed by atoms with Crippen molar-refractivity contribution in [3.8, 4) is 11.4 Å². The van der Waals surface area contributed by atoms with Crippen molar-refractivity contribution in [2.45, 2.75) is 44.2 Å². The second kappa shape index (κ2) is 7.77. The zero-order valence-electron chi connectivity index (χ0n) is 18.0. The van der Waals surface area contributed by atoms with Crippen molar-refractivity contribution in [3.05, 3.63) is 75.6 Å². The Hall–Kier alpha value is -2.14. The van der Waals surface area contributed by atoms with E-state index >= 15 is 0 Å². The molecule has 0 N–H and O–H groups in total. The molecule has 3 heterocycles. The largest absolute Gasteiger partial charge is 0.380 e. The van der Waals surface area contributed by atoms with Crippen LogP contribution in [0.4, 0.5) is 0 Å². The van der Waals surface area contributed by atoms with Crippen molar-refractivity contribution in [1.82, 2.24) is 14.5 Å². The molecule has 1 atom stereocenters. The molecule has 4 nitrogen and oxygen atoms in total. The molecule has 3 aromatic rings. The zero-order valence-corrected chi connectivity index (χ0v) is 18.7. The van der Waals surface area contributed by atoms with E-state index in [0.29, 0.717) is 12.0 Å². The first-order chi connectivity index (χ1) is 15.2. The van der Waals surface area contributed by atoms with Crippen LogP contribution in [0.3, 0.4) is 0 Å². The Labute approximate surface area is 188 Å². The van der Waals surface area contributed by atoms with E-state index in [1.807, 2.05) is 18.2 Å². The SMILES string of the molecule is Cn1c(-c2ccccc2Cl)nc2c1CN(C1CCc3ccc(C4COC4)cc3C1)CC2. The Morgan fingerprint density at radius 3 is 2.74 bits per heavy atom. The molecule has 1 fully saturated rings.